The molecule has 8 heteroatoms. The van der Waals surface area contributed by atoms with E-state index in [1.807, 2.05) is 24.3 Å². The van der Waals surface area contributed by atoms with Crippen LogP contribution in [0.1, 0.15) is 0 Å². The predicted octanol–water partition coefficient (Wildman–Crippen LogP) is 4.02. The summed E-state index contributed by atoms with van der Waals surface area (Å²) < 4.78 is 34.9. The zero-order valence-corrected chi connectivity index (χ0v) is 18.1. The Balaban J connectivity index is 1.63. The third-order valence-electron chi connectivity index (χ3n) is 3.89. The molecule has 1 aliphatic heterocycles. The summed E-state index contributed by atoms with van der Waals surface area (Å²) in [5.74, 6) is 1.40. The van der Waals surface area contributed by atoms with Gasteiger partial charge in [0.2, 0.25) is 0 Å². The maximum atomic E-state index is 5.94. The summed E-state index contributed by atoms with van der Waals surface area (Å²) in [6, 6.07) is 10.1. The topological polar surface area (TPSA) is 55.4 Å². The van der Waals surface area contributed by atoms with E-state index in [9.17, 15) is 0 Å². The Morgan fingerprint density at radius 1 is 0.607 bits per heavy atom. The Labute approximate surface area is 177 Å². The van der Waals surface area contributed by atoms with Crippen LogP contribution in [-0.2, 0) is 18.9 Å². The number of fused-ring (bicyclic) bond motifs is 1. The molecule has 1 aromatic carbocycles. The van der Waals surface area contributed by atoms with Gasteiger partial charge in [0, 0.05) is 4.88 Å². The van der Waals surface area contributed by atoms with Gasteiger partial charge < -0.3 is 28.4 Å². The molecule has 0 atom stereocenters. The molecule has 6 nitrogen and oxygen atoms in total. The smallest absolute Gasteiger partial charge is 0.161 e. The summed E-state index contributed by atoms with van der Waals surface area (Å²) in [6.07, 6.45) is 0. The zero-order valence-electron chi connectivity index (χ0n) is 15.7. The standard InChI is InChI=1S/C20H25BrO6S/c21-20-4-3-19(28-20)16-1-2-17-18(15-16)27-14-12-25-10-8-23-6-5-22-7-9-24-11-13-26-17/h1-4,15H,5-14H2. The van der Waals surface area contributed by atoms with E-state index in [-0.39, 0.29) is 0 Å². The van der Waals surface area contributed by atoms with Crippen LogP contribution in [0.5, 0.6) is 11.5 Å². The minimum atomic E-state index is 0.438. The lowest BCUT2D eigenvalue weighted by molar-refractivity contribution is -0.00841. The third-order valence-corrected chi connectivity index (χ3v) is 5.56. The van der Waals surface area contributed by atoms with Crippen LogP contribution in [0.4, 0.5) is 0 Å². The highest BCUT2D eigenvalue weighted by Gasteiger charge is 2.10. The molecule has 0 saturated carbocycles. The van der Waals surface area contributed by atoms with Crippen LogP contribution >= 0.6 is 27.3 Å². The van der Waals surface area contributed by atoms with Crippen molar-refractivity contribution in [2.24, 2.45) is 0 Å². The first-order valence-electron chi connectivity index (χ1n) is 9.29. The van der Waals surface area contributed by atoms with Crippen molar-refractivity contribution in [3.8, 4) is 21.9 Å². The van der Waals surface area contributed by atoms with Crippen LogP contribution in [-0.4, -0.2) is 66.1 Å². The van der Waals surface area contributed by atoms with Gasteiger partial charge in [-0.25, -0.2) is 0 Å². The van der Waals surface area contributed by atoms with E-state index in [2.05, 4.69) is 22.0 Å². The molecule has 1 aromatic heterocycles. The van der Waals surface area contributed by atoms with Gasteiger partial charge in [0.15, 0.2) is 11.5 Å². The van der Waals surface area contributed by atoms with Crippen molar-refractivity contribution in [1.82, 2.24) is 0 Å². The summed E-state index contributed by atoms with van der Waals surface area (Å²) in [4.78, 5) is 1.16. The van der Waals surface area contributed by atoms with Crippen molar-refractivity contribution >= 4 is 27.3 Å². The van der Waals surface area contributed by atoms with Crippen molar-refractivity contribution in [2.45, 2.75) is 0 Å². The Kier molecular flexibility index (Phi) is 9.55. The minimum absolute atomic E-state index is 0.438. The van der Waals surface area contributed by atoms with Gasteiger partial charge in [-0.1, -0.05) is 0 Å². The first-order chi connectivity index (χ1) is 13.8. The van der Waals surface area contributed by atoms with Gasteiger partial charge in [0.25, 0.3) is 0 Å². The molecule has 0 saturated heterocycles. The molecule has 0 spiro atoms. The third kappa shape index (κ3) is 7.35. The van der Waals surface area contributed by atoms with E-state index in [4.69, 9.17) is 28.4 Å². The quantitative estimate of drug-likeness (QED) is 0.624. The lowest BCUT2D eigenvalue weighted by atomic mass is 10.1. The molecule has 28 heavy (non-hydrogen) atoms. The van der Waals surface area contributed by atoms with Crippen LogP contribution in [0.15, 0.2) is 34.1 Å². The summed E-state index contributed by atoms with van der Waals surface area (Å²) in [5.41, 5.74) is 1.09. The van der Waals surface area contributed by atoms with E-state index in [1.54, 1.807) is 11.3 Å². The van der Waals surface area contributed by atoms with Crippen molar-refractivity contribution in [1.29, 1.82) is 0 Å². The van der Waals surface area contributed by atoms with Crippen LogP contribution in [0.2, 0.25) is 0 Å². The summed E-state index contributed by atoms with van der Waals surface area (Å²) >= 11 is 5.19. The second kappa shape index (κ2) is 12.4. The van der Waals surface area contributed by atoms with Crippen LogP contribution < -0.4 is 9.47 Å². The summed E-state index contributed by atoms with van der Waals surface area (Å²) in [5, 5.41) is 0. The molecule has 0 amide bonds. The average molecular weight is 473 g/mol. The fourth-order valence-corrected chi connectivity index (χ4v) is 3.93. The molecule has 1 aliphatic rings. The van der Waals surface area contributed by atoms with Gasteiger partial charge in [-0.2, -0.15) is 0 Å². The fourth-order valence-electron chi connectivity index (χ4n) is 2.55. The minimum Gasteiger partial charge on any atom is -0.487 e. The Morgan fingerprint density at radius 2 is 1.14 bits per heavy atom. The van der Waals surface area contributed by atoms with E-state index >= 15 is 0 Å². The van der Waals surface area contributed by atoms with Gasteiger partial charge >= 0.3 is 0 Å². The molecule has 0 fully saturated rings. The first-order valence-corrected chi connectivity index (χ1v) is 10.9. The Bertz CT molecular complexity index is 708. The normalized spacial score (nSPS) is 18.2. The monoisotopic (exact) mass is 472 g/mol. The van der Waals surface area contributed by atoms with Crippen molar-refractivity contribution in [3.63, 3.8) is 0 Å². The zero-order chi connectivity index (χ0) is 19.4. The highest BCUT2D eigenvalue weighted by Crippen LogP contribution is 2.37. The highest BCUT2D eigenvalue weighted by molar-refractivity contribution is 9.11. The van der Waals surface area contributed by atoms with Crippen LogP contribution in [0, 0.1) is 0 Å². The lowest BCUT2D eigenvalue weighted by Crippen LogP contribution is -2.16. The molecule has 2 aromatic rings. The number of halogens is 1. The predicted molar refractivity (Wildman–Crippen MR) is 112 cm³/mol. The summed E-state index contributed by atoms with van der Waals surface area (Å²) in [7, 11) is 0. The molecule has 2 heterocycles. The molecule has 0 N–H and O–H groups in total. The van der Waals surface area contributed by atoms with E-state index in [1.165, 1.54) is 0 Å². The van der Waals surface area contributed by atoms with Crippen molar-refractivity contribution < 1.29 is 28.4 Å². The SMILES string of the molecule is Brc1ccc(-c2ccc3c(c2)OCCOCCOCCOCCOCCO3)s1. The maximum Gasteiger partial charge on any atom is 0.161 e. The molecule has 0 aliphatic carbocycles. The average Bonchev–Trinajstić information content (AvgIpc) is 3.14. The lowest BCUT2D eigenvalue weighted by Gasteiger charge is -2.15. The van der Waals surface area contributed by atoms with E-state index < -0.39 is 0 Å². The first kappa shape index (κ1) is 21.5. The van der Waals surface area contributed by atoms with E-state index in [0.717, 1.165) is 14.2 Å². The number of hydrogen-bond acceptors (Lipinski definition) is 7. The second-order valence-electron chi connectivity index (χ2n) is 5.91. The van der Waals surface area contributed by atoms with Crippen molar-refractivity contribution in [2.75, 3.05) is 66.1 Å². The van der Waals surface area contributed by atoms with Gasteiger partial charge in [-0.15, -0.1) is 11.3 Å². The van der Waals surface area contributed by atoms with Gasteiger partial charge in [-0.05, 0) is 51.8 Å². The maximum absolute atomic E-state index is 5.94. The Morgan fingerprint density at radius 3 is 1.68 bits per heavy atom. The molecular formula is C20H25BrO6S. The van der Waals surface area contributed by atoms with Gasteiger partial charge in [0.05, 0.1) is 56.6 Å². The molecule has 0 unspecified atom stereocenters. The fraction of sp³-hybridized carbons (Fsp3) is 0.500. The van der Waals surface area contributed by atoms with E-state index in [0.29, 0.717) is 77.6 Å². The largest absolute Gasteiger partial charge is 0.487 e. The van der Waals surface area contributed by atoms with Crippen LogP contribution in [0.3, 0.4) is 0 Å². The number of benzene rings is 1. The number of rotatable bonds is 1. The molecule has 3 rings (SSSR count). The molecule has 0 radical (unpaired) electrons. The number of hydrogen-bond donors (Lipinski definition) is 0. The Hall–Kier alpha value is -1.16. The summed E-state index contributed by atoms with van der Waals surface area (Å²) in [6.45, 7) is 5.10. The molecule has 154 valence electrons. The molecular weight excluding hydrogens is 448 g/mol. The number of ether oxygens (including phenoxy) is 6. The highest BCUT2D eigenvalue weighted by atomic mass is 79.9. The number of thiophene rings is 1. The van der Waals surface area contributed by atoms with Gasteiger partial charge in [-0.3, -0.25) is 0 Å². The molecule has 0 bridgehead atoms. The van der Waals surface area contributed by atoms with Crippen molar-refractivity contribution in [3.05, 3.63) is 34.1 Å². The van der Waals surface area contributed by atoms with Gasteiger partial charge in [0.1, 0.15) is 13.2 Å². The second-order valence-corrected chi connectivity index (χ2v) is 8.37. The van der Waals surface area contributed by atoms with Crippen LogP contribution in [0.25, 0.3) is 10.4 Å².